The van der Waals surface area contributed by atoms with Crippen molar-refractivity contribution in [3.63, 3.8) is 0 Å². The van der Waals surface area contributed by atoms with Gasteiger partial charge in [0, 0.05) is 37.3 Å². The molecule has 1 amide bonds. The lowest BCUT2D eigenvalue weighted by atomic mass is 10.0. The minimum Gasteiger partial charge on any atom is -0.353 e. The zero-order valence-electron chi connectivity index (χ0n) is 18.3. The Hall–Kier alpha value is -3.22. The molecule has 1 saturated heterocycles. The van der Waals surface area contributed by atoms with E-state index >= 15 is 0 Å². The van der Waals surface area contributed by atoms with Crippen LogP contribution in [-0.2, 0) is 17.8 Å². The highest BCUT2D eigenvalue weighted by molar-refractivity contribution is 6.29. The van der Waals surface area contributed by atoms with Crippen LogP contribution in [0.1, 0.15) is 24.0 Å². The fourth-order valence-electron chi connectivity index (χ4n) is 4.55. The lowest BCUT2D eigenvalue weighted by Gasteiger charge is -2.32. The second kappa shape index (κ2) is 9.73. The summed E-state index contributed by atoms with van der Waals surface area (Å²) in [4.78, 5) is 15.4. The van der Waals surface area contributed by atoms with Gasteiger partial charge in [-0.05, 0) is 42.2 Å². The lowest BCUT2D eigenvalue weighted by molar-refractivity contribution is -0.121. The highest BCUT2D eigenvalue weighted by Crippen LogP contribution is 2.25. The van der Waals surface area contributed by atoms with Crippen LogP contribution in [0.2, 0.25) is 5.15 Å². The van der Waals surface area contributed by atoms with Gasteiger partial charge in [0.25, 0.3) is 0 Å². The Morgan fingerprint density at radius 1 is 0.970 bits per heavy atom. The molecule has 7 heteroatoms. The number of likely N-dealkylation sites (tertiary alicyclic amines) is 1. The van der Waals surface area contributed by atoms with Gasteiger partial charge in [-0.1, -0.05) is 60.1 Å². The average molecular weight is 460 g/mol. The van der Waals surface area contributed by atoms with E-state index in [-0.39, 0.29) is 11.9 Å². The summed E-state index contributed by atoms with van der Waals surface area (Å²) >= 11 is 5.89. The zero-order chi connectivity index (χ0) is 22.6. The number of halogens is 1. The molecule has 2 aromatic carbocycles. The SMILES string of the molecule is O=C(Cc1cn(-c2ccc(Cl)nn2)c2ccccc12)NC1CCN(Cc2ccccc2)CC1. The summed E-state index contributed by atoms with van der Waals surface area (Å²) in [6, 6.07) is 22.3. The number of piperidine rings is 1. The van der Waals surface area contributed by atoms with Gasteiger partial charge in [-0.15, -0.1) is 10.2 Å². The Labute approximate surface area is 198 Å². The summed E-state index contributed by atoms with van der Waals surface area (Å²) in [6.07, 6.45) is 4.25. The number of carbonyl (C=O) groups is 1. The van der Waals surface area contributed by atoms with Crippen LogP contribution in [-0.4, -0.2) is 44.7 Å². The summed E-state index contributed by atoms with van der Waals surface area (Å²) in [5, 5.41) is 12.8. The van der Waals surface area contributed by atoms with Crippen molar-refractivity contribution in [3.8, 4) is 5.82 Å². The van der Waals surface area contributed by atoms with Crippen LogP contribution in [0.4, 0.5) is 0 Å². The minimum absolute atomic E-state index is 0.0570. The van der Waals surface area contributed by atoms with Crippen molar-refractivity contribution in [2.24, 2.45) is 0 Å². The molecular formula is C26H26ClN5O. The zero-order valence-corrected chi connectivity index (χ0v) is 19.1. The molecule has 1 aliphatic rings. The van der Waals surface area contributed by atoms with Crippen molar-refractivity contribution in [1.29, 1.82) is 0 Å². The van der Waals surface area contributed by atoms with Crippen molar-refractivity contribution in [2.45, 2.75) is 31.8 Å². The van der Waals surface area contributed by atoms with E-state index in [0.717, 1.165) is 48.9 Å². The maximum Gasteiger partial charge on any atom is 0.224 e. The number of hydrogen-bond acceptors (Lipinski definition) is 4. The van der Waals surface area contributed by atoms with Crippen molar-refractivity contribution in [1.82, 2.24) is 25.0 Å². The molecule has 0 atom stereocenters. The van der Waals surface area contributed by atoms with Gasteiger partial charge in [0.2, 0.25) is 5.91 Å². The molecule has 3 heterocycles. The smallest absolute Gasteiger partial charge is 0.224 e. The van der Waals surface area contributed by atoms with Crippen molar-refractivity contribution in [2.75, 3.05) is 13.1 Å². The molecule has 33 heavy (non-hydrogen) atoms. The highest BCUT2D eigenvalue weighted by atomic mass is 35.5. The van der Waals surface area contributed by atoms with Crippen molar-refractivity contribution in [3.05, 3.63) is 89.2 Å². The van der Waals surface area contributed by atoms with Gasteiger partial charge in [-0.2, -0.15) is 0 Å². The van der Waals surface area contributed by atoms with Crippen LogP contribution in [0.25, 0.3) is 16.7 Å². The number of fused-ring (bicyclic) bond motifs is 1. The Morgan fingerprint density at radius 2 is 1.73 bits per heavy atom. The largest absolute Gasteiger partial charge is 0.353 e. The Morgan fingerprint density at radius 3 is 2.48 bits per heavy atom. The van der Waals surface area contributed by atoms with Crippen LogP contribution in [0, 0.1) is 0 Å². The Kier molecular flexibility index (Phi) is 6.37. The number of benzene rings is 2. The van der Waals surface area contributed by atoms with E-state index in [4.69, 9.17) is 11.6 Å². The molecule has 168 valence electrons. The minimum atomic E-state index is 0.0570. The lowest BCUT2D eigenvalue weighted by Crippen LogP contribution is -2.44. The molecule has 1 fully saturated rings. The molecule has 5 rings (SSSR count). The third kappa shape index (κ3) is 5.07. The molecule has 0 radical (unpaired) electrons. The normalized spacial score (nSPS) is 15.1. The molecule has 4 aromatic rings. The van der Waals surface area contributed by atoms with E-state index in [1.807, 2.05) is 47.2 Å². The Bertz CT molecular complexity index is 1230. The van der Waals surface area contributed by atoms with Crippen LogP contribution in [0.3, 0.4) is 0 Å². The van der Waals surface area contributed by atoms with Crippen molar-refractivity contribution >= 4 is 28.4 Å². The fraction of sp³-hybridized carbons (Fsp3) is 0.269. The van der Waals surface area contributed by atoms with E-state index in [1.54, 1.807) is 6.07 Å². The van der Waals surface area contributed by atoms with Crippen molar-refractivity contribution < 1.29 is 4.79 Å². The molecule has 1 aliphatic heterocycles. The number of para-hydroxylation sites is 1. The van der Waals surface area contributed by atoms with Gasteiger partial charge in [-0.25, -0.2) is 0 Å². The number of nitrogens with zero attached hydrogens (tertiary/aromatic N) is 4. The average Bonchev–Trinajstić information content (AvgIpc) is 3.20. The number of aromatic nitrogens is 3. The Balaban J connectivity index is 1.22. The van der Waals surface area contributed by atoms with E-state index in [1.165, 1.54) is 5.56 Å². The maximum atomic E-state index is 12.9. The van der Waals surface area contributed by atoms with Crippen LogP contribution in [0.5, 0.6) is 0 Å². The first-order valence-electron chi connectivity index (χ1n) is 11.3. The molecule has 0 saturated carbocycles. The van der Waals surface area contributed by atoms with Gasteiger partial charge in [-0.3, -0.25) is 14.3 Å². The summed E-state index contributed by atoms with van der Waals surface area (Å²) in [5.41, 5.74) is 3.30. The van der Waals surface area contributed by atoms with Crippen LogP contribution >= 0.6 is 11.6 Å². The first-order chi connectivity index (χ1) is 16.2. The predicted molar refractivity (Wildman–Crippen MR) is 130 cm³/mol. The molecule has 0 bridgehead atoms. The topological polar surface area (TPSA) is 63.1 Å². The molecular weight excluding hydrogens is 434 g/mol. The molecule has 0 aliphatic carbocycles. The number of carbonyl (C=O) groups excluding carboxylic acids is 1. The summed E-state index contributed by atoms with van der Waals surface area (Å²) in [7, 11) is 0. The summed E-state index contributed by atoms with van der Waals surface area (Å²) < 4.78 is 1.96. The second-order valence-electron chi connectivity index (χ2n) is 8.54. The van der Waals surface area contributed by atoms with Gasteiger partial charge in [0.15, 0.2) is 11.0 Å². The first-order valence-corrected chi connectivity index (χ1v) is 11.7. The van der Waals surface area contributed by atoms with E-state index < -0.39 is 0 Å². The summed E-state index contributed by atoms with van der Waals surface area (Å²) in [6.45, 7) is 2.96. The van der Waals surface area contributed by atoms with Gasteiger partial charge in [0.1, 0.15) is 0 Å². The van der Waals surface area contributed by atoms with Gasteiger partial charge in [0.05, 0.1) is 11.9 Å². The first kappa shape index (κ1) is 21.6. The summed E-state index contributed by atoms with van der Waals surface area (Å²) in [5.74, 6) is 0.731. The van der Waals surface area contributed by atoms with E-state index in [9.17, 15) is 4.79 Å². The quantitative estimate of drug-likeness (QED) is 0.464. The molecule has 1 N–H and O–H groups in total. The number of hydrogen-bond donors (Lipinski definition) is 1. The third-order valence-corrected chi connectivity index (χ3v) is 6.41. The molecule has 6 nitrogen and oxygen atoms in total. The highest BCUT2D eigenvalue weighted by Gasteiger charge is 2.21. The predicted octanol–water partition coefficient (Wildman–Crippen LogP) is 4.40. The third-order valence-electron chi connectivity index (χ3n) is 6.21. The second-order valence-corrected chi connectivity index (χ2v) is 8.92. The van der Waals surface area contributed by atoms with Crippen LogP contribution in [0.15, 0.2) is 72.9 Å². The van der Waals surface area contributed by atoms with Crippen LogP contribution < -0.4 is 5.32 Å². The number of nitrogens with one attached hydrogen (secondary N) is 1. The fourth-order valence-corrected chi connectivity index (χ4v) is 4.65. The maximum absolute atomic E-state index is 12.9. The molecule has 0 spiro atoms. The van der Waals surface area contributed by atoms with E-state index in [2.05, 4.69) is 44.7 Å². The number of amides is 1. The van der Waals surface area contributed by atoms with Gasteiger partial charge < -0.3 is 5.32 Å². The van der Waals surface area contributed by atoms with Gasteiger partial charge >= 0.3 is 0 Å². The molecule has 0 unspecified atom stereocenters. The monoisotopic (exact) mass is 459 g/mol. The van der Waals surface area contributed by atoms with E-state index in [0.29, 0.717) is 17.4 Å². The number of rotatable bonds is 6. The standard InChI is InChI=1S/C26H26ClN5O/c27-24-10-11-25(30-29-24)32-18-20(22-8-4-5-9-23(22)32)16-26(33)28-21-12-14-31(15-13-21)17-19-6-2-1-3-7-19/h1-11,18,21H,12-17H2,(H,28,33). The molecule has 2 aromatic heterocycles.